The van der Waals surface area contributed by atoms with Crippen molar-refractivity contribution in [2.24, 2.45) is 0 Å². The summed E-state index contributed by atoms with van der Waals surface area (Å²) in [5, 5.41) is 13.9. The van der Waals surface area contributed by atoms with E-state index in [1.54, 1.807) is 11.3 Å². The van der Waals surface area contributed by atoms with Gasteiger partial charge in [-0.1, -0.05) is 0 Å². The fraction of sp³-hybridized carbons (Fsp3) is 0.308. The number of aryl methyl sites for hydroxylation is 1. The predicted octanol–water partition coefficient (Wildman–Crippen LogP) is 3.15. The summed E-state index contributed by atoms with van der Waals surface area (Å²) >= 11 is 1.62. The van der Waals surface area contributed by atoms with E-state index in [1.807, 2.05) is 20.0 Å². The minimum absolute atomic E-state index is 0.103. The topological polar surface area (TPSA) is 45.2 Å². The quantitative estimate of drug-likeness (QED) is 0.893. The zero-order valence-corrected chi connectivity index (χ0v) is 11.1. The standard InChI is InChI=1S/C13H15FN2OS/c1-8-6-16-13(18-8)7-15-9(2)11-5-10(14)3-4-12(11)17/h3-6,9,15,17H,7H2,1-2H3. The zero-order chi connectivity index (χ0) is 13.1. The summed E-state index contributed by atoms with van der Waals surface area (Å²) in [4.78, 5) is 5.40. The van der Waals surface area contributed by atoms with Gasteiger partial charge in [-0.05, 0) is 32.0 Å². The van der Waals surface area contributed by atoms with Gasteiger partial charge >= 0.3 is 0 Å². The lowest BCUT2D eigenvalue weighted by atomic mass is 10.1. The molecule has 1 unspecified atom stereocenters. The number of benzene rings is 1. The number of phenolic OH excluding ortho intramolecular Hbond substituents is 1. The van der Waals surface area contributed by atoms with Gasteiger partial charge in [0.15, 0.2) is 0 Å². The van der Waals surface area contributed by atoms with Crippen LogP contribution in [0.25, 0.3) is 0 Å². The Hall–Kier alpha value is -1.46. The smallest absolute Gasteiger partial charge is 0.123 e. The van der Waals surface area contributed by atoms with Crippen LogP contribution in [0.5, 0.6) is 5.75 Å². The highest BCUT2D eigenvalue weighted by Crippen LogP contribution is 2.25. The van der Waals surface area contributed by atoms with Gasteiger partial charge in [-0.25, -0.2) is 9.37 Å². The average Bonchev–Trinajstić information content (AvgIpc) is 2.75. The summed E-state index contributed by atoms with van der Waals surface area (Å²) < 4.78 is 13.1. The van der Waals surface area contributed by atoms with Crippen LogP contribution >= 0.6 is 11.3 Å². The van der Waals surface area contributed by atoms with Gasteiger partial charge in [0.1, 0.15) is 16.6 Å². The molecule has 0 amide bonds. The summed E-state index contributed by atoms with van der Waals surface area (Å²) in [7, 11) is 0. The Morgan fingerprint density at radius 1 is 1.50 bits per heavy atom. The monoisotopic (exact) mass is 266 g/mol. The Labute approximate surface area is 109 Å². The lowest BCUT2D eigenvalue weighted by Gasteiger charge is -2.14. The van der Waals surface area contributed by atoms with E-state index in [1.165, 1.54) is 18.2 Å². The van der Waals surface area contributed by atoms with E-state index >= 15 is 0 Å². The summed E-state index contributed by atoms with van der Waals surface area (Å²) in [6, 6.07) is 3.83. The molecule has 0 aliphatic rings. The number of halogens is 1. The van der Waals surface area contributed by atoms with Crippen molar-refractivity contribution in [1.29, 1.82) is 0 Å². The molecular formula is C13H15FN2OS. The molecular weight excluding hydrogens is 251 g/mol. The van der Waals surface area contributed by atoms with Crippen LogP contribution in [0.1, 0.15) is 28.4 Å². The van der Waals surface area contributed by atoms with Crippen molar-refractivity contribution in [3.05, 3.63) is 45.7 Å². The predicted molar refractivity (Wildman–Crippen MR) is 70.2 cm³/mol. The average molecular weight is 266 g/mol. The van der Waals surface area contributed by atoms with Gasteiger partial charge < -0.3 is 10.4 Å². The Bertz CT molecular complexity index is 542. The number of hydrogen-bond acceptors (Lipinski definition) is 4. The van der Waals surface area contributed by atoms with E-state index in [4.69, 9.17) is 0 Å². The molecule has 0 saturated carbocycles. The third-order valence-corrected chi connectivity index (χ3v) is 3.60. The molecule has 1 aromatic carbocycles. The van der Waals surface area contributed by atoms with Crippen LogP contribution in [-0.2, 0) is 6.54 Å². The summed E-state index contributed by atoms with van der Waals surface area (Å²) in [5.74, 6) is -0.242. The second-order valence-electron chi connectivity index (χ2n) is 4.17. The number of thiazole rings is 1. The highest BCUT2D eigenvalue weighted by atomic mass is 32.1. The highest BCUT2D eigenvalue weighted by molar-refractivity contribution is 7.11. The third kappa shape index (κ3) is 3.05. The minimum Gasteiger partial charge on any atom is -0.508 e. The van der Waals surface area contributed by atoms with E-state index in [0.717, 1.165) is 9.88 Å². The molecule has 0 radical (unpaired) electrons. The molecule has 0 bridgehead atoms. The first kappa shape index (κ1) is 13.0. The molecule has 18 heavy (non-hydrogen) atoms. The first-order chi connectivity index (χ1) is 8.56. The van der Waals surface area contributed by atoms with Gasteiger partial charge in [0.2, 0.25) is 0 Å². The molecule has 1 atom stereocenters. The van der Waals surface area contributed by atoms with Crippen molar-refractivity contribution >= 4 is 11.3 Å². The first-order valence-corrected chi connectivity index (χ1v) is 6.51. The molecule has 1 aromatic heterocycles. The van der Waals surface area contributed by atoms with Crippen LogP contribution in [0.4, 0.5) is 4.39 Å². The fourth-order valence-electron chi connectivity index (χ4n) is 1.71. The Kier molecular flexibility index (Phi) is 3.93. The number of phenols is 1. The van der Waals surface area contributed by atoms with Crippen molar-refractivity contribution in [3.63, 3.8) is 0 Å². The number of nitrogens with one attached hydrogen (secondary N) is 1. The maximum absolute atomic E-state index is 13.1. The zero-order valence-electron chi connectivity index (χ0n) is 10.3. The molecule has 5 heteroatoms. The van der Waals surface area contributed by atoms with Crippen LogP contribution < -0.4 is 5.32 Å². The molecule has 0 aliphatic carbocycles. The molecule has 0 spiro atoms. The Morgan fingerprint density at radius 2 is 2.28 bits per heavy atom. The summed E-state index contributed by atoms with van der Waals surface area (Å²) in [6.45, 7) is 4.49. The van der Waals surface area contributed by atoms with E-state index in [9.17, 15) is 9.50 Å². The molecule has 96 valence electrons. The number of aromatic nitrogens is 1. The molecule has 2 N–H and O–H groups in total. The molecule has 0 aliphatic heterocycles. The Morgan fingerprint density at radius 3 is 2.94 bits per heavy atom. The number of aromatic hydroxyl groups is 1. The number of rotatable bonds is 4. The van der Waals surface area contributed by atoms with Crippen LogP contribution in [0.3, 0.4) is 0 Å². The number of hydrogen-bond donors (Lipinski definition) is 2. The third-order valence-electron chi connectivity index (χ3n) is 2.68. The summed E-state index contributed by atoms with van der Waals surface area (Å²) in [5.41, 5.74) is 0.559. The van der Waals surface area contributed by atoms with Gasteiger partial charge in [0, 0.05) is 29.2 Å². The van der Waals surface area contributed by atoms with E-state index < -0.39 is 0 Å². The number of nitrogens with zero attached hydrogens (tertiary/aromatic N) is 1. The fourth-order valence-corrected chi connectivity index (χ4v) is 2.44. The first-order valence-electron chi connectivity index (χ1n) is 5.69. The van der Waals surface area contributed by atoms with Crippen molar-refractivity contribution in [2.75, 3.05) is 0 Å². The van der Waals surface area contributed by atoms with Crippen LogP contribution in [0, 0.1) is 12.7 Å². The van der Waals surface area contributed by atoms with Gasteiger partial charge in [0.05, 0.1) is 0 Å². The molecule has 2 aromatic rings. The van der Waals surface area contributed by atoms with Crippen LogP contribution in [-0.4, -0.2) is 10.1 Å². The summed E-state index contributed by atoms with van der Waals surface area (Å²) in [6.07, 6.45) is 1.83. The largest absolute Gasteiger partial charge is 0.508 e. The maximum Gasteiger partial charge on any atom is 0.123 e. The second-order valence-corrected chi connectivity index (χ2v) is 5.49. The highest BCUT2D eigenvalue weighted by Gasteiger charge is 2.11. The minimum atomic E-state index is -0.346. The van der Waals surface area contributed by atoms with Crippen molar-refractivity contribution in [2.45, 2.75) is 26.4 Å². The maximum atomic E-state index is 13.1. The molecule has 0 saturated heterocycles. The molecule has 1 heterocycles. The van der Waals surface area contributed by atoms with E-state index in [0.29, 0.717) is 12.1 Å². The van der Waals surface area contributed by atoms with E-state index in [2.05, 4.69) is 10.3 Å². The van der Waals surface area contributed by atoms with Gasteiger partial charge in [-0.3, -0.25) is 0 Å². The van der Waals surface area contributed by atoms with Crippen LogP contribution in [0.2, 0.25) is 0 Å². The van der Waals surface area contributed by atoms with Crippen LogP contribution in [0.15, 0.2) is 24.4 Å². The molecule has 2 rings (SSSR count). The van der Waals surface area contributed by atoms with Gasteiger partial charge in [-0.15, -0.1) is 11.3 Å². The van der Waals surface area contributed by atoms with E-state index in [-0.39, 0.29) is 17.6 Å². The van der Waals surface area contributed by atoms with Crippen molar-refractivity contribution in [3.8, 4) is 5.75 Å². The Balaban J connectivity index is 2.03. The SMILES string of the molecule is Cc1cnc(CNC(C)c2cc(F)ccc2O)s1. The second kappa shape index (κ2) is 5.46. The lowest BCUT2D eigenvalue weighted by Crippen LogP contribution is -2.18. The lowest BCUT2D eigenvalue weighted by molar-refractivity contribution is 0.449. The molecule has 0 fully saturated rings. The van der Waals surface area contributed by atoms with Gasteiger partial charge in [-0.2, -0.15) is 0 Å². The molecule has 3 nitrogen and oxygen atoms in total. The van der Waals surface area contributed by atoms with Gasteiger partial charge in [0.25, 0.3) is 0 Å². The normalized spacial score (nSPS) is 12.6. The van der Waals surface area contributed by atoms with Crippen molar-refractivity contribution < 1.29 is 9.50 Å². The van der Waals surface area contributed by atoms with Crippen molar-refractivity contribution in [1.82, 2.24) is 10.3 Å².